The van der Waals surface area contributed by atoms with Crippen LogP contribution in [-0.2, 0) is 29.7 Å². The van der Waals surface area contributed by atoms with E-state index in [9.17, 15) is 8.42 Å². The zero-order chi connectivity index (χ0) is 14.6. The second-order valence-electron chi connectivity index (χ2n) is 4.30. The standard InChI is InChI=1S/C12H18N4O3S/c1-3-16-9-12(6-11(16)8-13-2)20(17,18)14-7-10-4-5-19-15-10/h4-6,9,13-14H,3,7-8H2,1-2H3. The van der Waals surface area contributed by atoms with Crippen molar-refractivity contribution in [3.63, 3.8) is 0 Å². The van der Waals surface area contributed by atoms with E-state index in [0.717, 1.165) is 12.2 Å². The molecular weight excluding hydrogens is 280 g/mol. The number of hydrogen-bond acceptors (Lipinski definition) is 5. The van der Waals surface area contributed by atoms with Crippen molar-refractivity contribution in [1.82, 2.24) is 19.8 Å². The summed E-state index contributed by atoms with van der Waals surface area (Å²) in [5, 5.41) is 6.68. The molecule has 0 aromatic carbocycles. The molecule has 0 bridgehead atoms. The van der Waals surface area contributed by atoms with Crippen molar-refractivity contribution < 1.29 is 12.9 Å². The van der Waals surface area contributed by atoms with Crippen LogP contribution in [0.25, 0.3) is 0 Å². The number of sulfonamides is 1. The van der Waals surface area contributed by atoms with Gasteiger partial charge in [-0.1, -0.05) is 5.16 Å². The van der Waals surface area contributed by atoms with E-state index in [1.165, 1.54) is 6.26 Å². The van der Waals surface area contributed by atoms with Gasteiger partial charge in [0.05, 0.1) is 17.1 Å². The summed E-state index contributed by atoms with van der Waals surface area (Å²) in [5.41, 5.74) is 1.47. The predicted octanol–water partition coefficient (Wildman–Crippen LogP) is 0.694. The average Bonchev–Trinajstić information content (AvgIpc) is 3.06. The fraction of sp³-hybridized carbons (Fsp3) is 0.417. The van der Waals surface area contributed by atoms with Crippen LogP contribution in [-0.4, -0.2) is 25.2 Å². The predicted molar refractivity (Wildman–Crippen MR) is 73.4 cm³/mol. The minimum atomic E-state index is -3.55. The molecule has 2 aromatic rings. The lowest BCUT2D eigenvalue weighted by atomic mass is 10.4. The minimum Gasteiger partial charge on any atom is -0.364 e. The highest BCUT2D eigenvalue weighted by molar-refractivity contribution is 7.89. The Bertz CT molecular complexity index is 646. The van der Waals surface area contributed by atoms with Gasteiger partial charge in [-0.2, -0.15) is 0 Å². The molecule has 0 aliphatic rings. The van der Waals surface area contributed by atoms with Crippen LogP contribution < -0.4 is 10.0 Å². The van der Waals surface area contributed by atoms with Crippen LogP contribution in [0.5, 0.6) is 0 Å². The van der Waals surface area contributed by atoms with Crippen LogP contribution in [0.3, 0.4) is 0 Å². The SMILES string of the molecule is CCn1cc(S(=O)(=O)NCc2ccon2)cc1CNC. The third-order valence-corrected chi connectivity index (χ3v) is 4.27. The summed E-state index contributed by atoms with van der Waals surface area (Å²) in [4.78, 5) is 0.257. The van der Waals surface area contributed by atoms with Gasteiger partial charge in [-0.25, -0.2) is 13.1 Å². The summed E-state index contributed by atoms with van der Waals surface area (Å²) in [6.45, 7) is 3.42. The highest BCUT2D eigenvalue weighted by atomic mass is 32.2. The van der Waals surface area contributed by atoms with E-state index in [-0.39, 0.29) is 11.4 Å². The van der Waals surface area contributed by atoms with E-state index in [1.807, 2.05) is 18.5 Å². The molecule has 2 heterocycles. The summed E-state index contributed by atoms with van der Waals surface area (Å²) < 4.78 is 33.5. The molecule has 0 aliphatic carbocycles. The maximum Gasteiger partial charge on any atom is 0.242 e. The first-order valence-electron chi connectivity index (χ1n) is 6.29. The monoisotopic (exact) mass is 298 g/mol. The molecular formula is C12H18N4O3S. The molecule has 2 N–H and O–H groups in total. The Morgan fingerprint density at radius 2 is 2.20 bits per heavy atom. The molecule has 0 aliphatic heterocycles. The first kappa shape index (κ1) is 14.8. The number of rotatable bonds is 7. The van der Waals surface area contributed by atoms with Gasteiger partial charge in [0, 0.05) is 31.0 Å². The van der Waals surface area contributed by atoms with E-state index >= 15 is 0 Å². The zero-order valence-electron chi connectivity index (χ0n) is 11.5. The van der Waals surface area contributed by atoms with E-state index in [1.54, 1.807) is 18.3 Å². The van der Waals surface area contributed by atoms with Crippen molar-refractivity contribution in [1.29, 1.82) is 0 Å². The summed E-state index contributed by atoms with van der Waals surface area (Å²) >= 11 is 0. The normalized spacial score (nSPS) is 11.9. The molecule has 2 aromatic heterocycles. The summed E-state index contributed by atoms with van der Waals surface area (Å²) in [7, 11) is -1.72. The van der Waals surface area contributed by atoms with E-state index in [2.05, 4.69) is 19.7 Å². The summed E-state index contributed by atoms with van der Waals surface area (Å²) in [6.07, 6.45) is 3.04. The Hall–Kier alpha value is -1.64. The molecule has 0 amide bonds. The van der Waals surface area contributed by atoms with Crippen LogP contribution in [0.2, 0.25) is 0 Å². The number of nitrogens with zero attached hydrogens (tertiary/aromatic N) is 2. The fourth-order valence-corrected chi connectivity index (χ4v) is 2.94. The van der Waals surface area contributed by atoms with Gasteiger partial charge in [-0.05, 0) is 20.0 Å². The topological polar surface area (TPSA) is 89.2 Å². The van der Waals surface area contributed by atoms with Crippen molar-refractivity contribution in [2.75, 3.05) is 7.05 Å². The van der Waals surface area contributed by atoms with Crippen molar-refractivity contribution in [2.45, 2.75) is 31.5 Å². The van der Waals surface area contributed by atoms with E-state index < -0.39 is 10.0 Å². The van der Waals surface area contributed by atoms with Gasteiger partial charge < -0.3 is 14.4 Å². The Balaban J connectivity index is 2.16. The molecule has 2 rings (SSSR count). The average molecular weight is 298 g/mol. The highest BCUT2D eigenvalue weighted by Gasteiger charge is 2.18. The number of nitrogens with one attached hydrogen (secondary N) is 2. The third kappa shape index (κ3) is 3.27. The zero-order valence-corrected chi connectivity index (χ0v) is 12.3. The van der Waals surface area contributed by atoms with Gasteiger partial charge in [0.2, 0.25) is 10.0 Å². The molecule has 110 valence electrons. The number of aryl methyl sites for hydroxylation is 1. The molecule has 8 heteroatoms. The lowest BCUT2D eigenvalue weighted by molar-refractivity contribution is 0.411. The maximum atomic E-state index is 12.2. The molecule has 0 spiro atoms. The molecule has 0 saturated carbocycles. The molecule has 0 radical (unpaired) electrons. The Morgan fingerprint density at radius 1 is 1.40 bits per heavy atom. The molecule has 7 nitrogen and oxygen atoms in total. The van der Waals surface area contributed by atoms with E-state index in [0.29, 0.717) is 12.2 Å². The van der Waals surface area contributed by atoms with Crippen LogP contribution in [0.15, 0.2) is 34.0 Å². The lowest BCUT2D eigenvalue weighted by Gasteiger charge is -2.03. The minimum absolute atomic E-state index is 0.109. The van der Waals surface area contributed by atoms with Gasteiger partial charge in [0.15, 0.2) is 0 Å². The lowest BCUT2D eigenvalue weighted by Crippen LogP contribution is -2.23. The molecule has 0 atom stereocenters. The van der Waals surface area contributed by atoms with Crippen molar-refractivity contribution in [2.24, 2.45) is 0 Å². The smallest absolute Gasteiger partial charge is 0.242 e. The Labute approximate surface area is 118 Å². The Kier molecular flexibility index (Phi) is 4.58. The third-order valence-electron chi connectivity index (χ3n) is 2.90. The van der Waals surface area contributed by atoms with Gasteiger partial charge in [-0.15, -0.1) is 0 Å². The van der Waals surface area contributed by atoms with Gasteiger partial charge >= 0.3 is 0 Å². The second-order valence-corrected chi connectivity index (χ2v) is 6.07. The fourth-order valence-electron chi connectivity index (χ4n) is 1.88. The van der Waals surface area contributed by atoms with Gasteiger partial charge in [0.1, 0.15) is 6.26 Å². The quantitative estimate of drug-likeness (QED) is 0.785. The number of aromatic nitrogens is 2. The second kappa shape index (κ2) is 6.21. The summed E-state index contributed by atoms with van der Waals surface area (Å²) in [6, 6.07) is 3.29. The highest BCUT2D eigenvalue weighted by Crippen LogP contribution is 2.15. The Morgan fingerprint density at radius 3 is 2.80 bits per heavy atom. The summed E-state index contributed by atoms with van der Waals surface area (Å²) in [5.74, 6) is 0. The molecule has 0 saturated heterocycles. The van der Waals surface area contributed by atoms with Crippen LogP contribution in [0.4, 0.5) is 0 Å². The van der Waals surface area contributed by atoms with E-state index in [4.69, 9.17) is 0 Å². The molecule has 0 unspecified atom stereocenters. The van der Waals surface area contributed by atoms with Gasteiger partial charge in [-0.3, -0.25) is 0 Å². The first-order valence-corrected chi connectivity index (χ1v) is 7.77. The van der Waals surface area contributed by atoms with Crippen molar-refractivity contribution >= 4 is 10.0 Å². The van der Waals surface area contributed by atoms with Crippen molar-refractivity contribution in [3.05, 3.63) is 36.0 Å². The van der Waals surface area contributed by atoms with Crippen molar-refractivity contribution in [3.8, 4) is 0 Å². The maximum absolute atomic E-state index is 12.2. The largest absolute Gasteiger partial charge is 0.364 e. The van der Waals surface area contributed by atoms with Gasteiger partial charge in [0.25, 0.3) is 0 Å². The van der Waals surface area contributed by atoms with Crippen LogP contribution in [0.1, 0.15) is 18.3 Å². The number of hydrogen-bond donors (Lipinski definition) is 2. The molecule has 0 fully saturated rings. The molecule has 20 heavy (non-hydrogen) atoms. The van der Waals surface area contributed by atoms with Crippen LogP contribution >= 0.6 is 0 Å². The van der Waals surface area contributed by atoms with Crippen LogP contribution in [0, 0.1) is 0 Å². The first-order chi connectivity index (χ1) is 9.56.